The molecule has 2 rings (SSSR count). The first kappa shape index (κ1) is 13.6. The predicted molar refractivity (Wildman–Crippen MR) is 74.2 cm³/mol. The second-order valence-electron chi connectivity index (χ2n) is 4.83. The number of nitrogens with zero attached hydrogens (tertiary/aromatic N) is 3. The van der Waals surface area contributed by atoms with E-state index in [2.05, 4.69) is 28.0 Å². The van der Waals surface area contributed by atoms with Gasteiger partial charge in [0.05, 0.1) is 10.7 Å². The first-order valence-electron chi connectivity index (χ1n) is 6.68. The molecule has 0 saturated heterocycles. The summed E-state index contributed by atoms with van der Waals surface area (Å²) in [5, 5.41) is 4.14. The molecule has 1 aliphatic rings. The molecule has 1 fully saturated rings. The van der Waals surface area contributed by atoms with E-state index < -0.39 is 0 Å². The zero-order valence-corrected chi connectivity index (χ0v) is 12.4. The number of likely N-dealkylation sites (N-methyl/N-ethyl adjacent to an activating group) is 1. The van der Waals surface area contributed by atoms with Gasteiger partial charge in [0.25, 0.3) is 0 Å². The van der Waals surface area contributed by atoms with Crippen molar-refractivity contribution in [3.63, 3.8) is 0 Å². The molecule has 18 heavy (non-hydrogen) atoms. The van der Waals surface area contributed by atoms with Crippen LogP contribution in [0.1, 0.15) is 39.0 Å². The molecule has 100 valence electrons. The molecule has 1 amide bonds. The molecule has 0 aliphatic heterocycles. The Balaban J connectivity index is 1.96. The Morgan fingerprint density at radius 2 is 2.22 bits per heavy atom. The van der Waals surface area contributed by atoms with Crippen LogP contribution in [0.15, 0.2) is 16.9 Å². The molecule has 5 heteroatoms. The monoisotopic (exact) mass is 313 g/mol. The quantitative estimate of drug-likeness (QED) is 0.857. The van der Waals surface area contributed by atoms with Gasteiger partial charge in [-0.3, -0.25) is 9.48 Å². The molecule has 1 aliphatic carbocycles. The molecule has 0 radical (unpaired) electrons. The van der Waals surface area contributed by atoms with Gasteiger partial charge in [-0.2, -0.15) is 5.10 Å². The van der Waals surface area contributed by atoms with E-state index in [1.807, 2.05) is 11.1 Å². The van der Waals surface area contributed by atoms with Crippen molar-refractivity contribution in [1.29, 1.82) is 0 Å². The minimum absolute atomic E-state index is 0.181. The Bertz CT molecular complexity index is 399. The summed E-state index contributed by atoms with van der Waals surface area (Å²) in [7, 11) is 0. The highest BCUT2D eigenvalue weighted by molar-refractivity contribution is 9.10. The van der Waals surface area contributed by atoms with Crippen molar-refractivity contribution < 1.29 is 4.79 Å². The molecule has 4 nitrogen and oxygen atoms in total. The molecule has 0 N–H and O–H groups in total. The van der Waals surface area contributed by atoms with E-state index in [0.29, 0.717) is 12.6 Å². The number of amides is 1. The van der Waals surface area contributed by atoms with Crippen LogP contribution in [0.4, 0.5) is 0 Å². The summed E-state index contributed by atoms with van der Waals surface area (Å²) in [6.45, 7) is 3.20. The van der Waals surface area contributed by atoms with Crippen molar-refractivity contribution in [3.8, 4) is 0 Å². The molecule has 1 saturated carbocycles. The van der Waals surface area contributed by atoms with Crippen LogP contribution in [0, 0.1) is 0 Å². The molecule has 1 aromatic rings. The van der Waals surface area contributed by atoms with Gasteiger partial charge >= 0.3 is 0 Å². The van der Waals surface area contributed by atoms with Crippen molar-refractivity contribution in [2.45, 2.75) is 51.6 Å². The van der Waals surface area contributed by atoms with E-state index in [4.69, 9.17) is 0 Å². The first-order chi connectivity index (χ1) is 8.70. The summed E-state index contributed by atoms with van der Waals surface area (Å²) in [5.41, 5.74) is 0. The average molecular weight is 314 g/mol. The van der Waals surface area contributed by atoms with E-state index in [9.17, 15) is 4.79 Å². The van der Waals surface area contributed by atoms with Crippen LogP contribution in [0.25, 0.3) is 0 Å². The predicted octanol–water partition coefficient (Wildman–Crippen LogP) is 2.83. The SMILES string of the molecule is CCN(C(=O)Cn1cc(Br)cn1)C1CCCCC1. The third-order valence-corrected chi connectivity index (χ3v) is 3.98. The summed E-state index contributed by atoms with van der Waals surface area (Å²) in [6, 6.07) is 0.440. The number of hydrogen-bond acceptors (Lipinski definition) is 2. The fraction of sp³-hybridized carbons (Fsp3) is 0.692. The van der Waals surface area contributed by atoms with E-state index in [1.54, 1.807) is 10.9 Å². The Hall–Kier alpha value is -0.840. The lowest BCUT2D eigenvalue weighted by molar-refractivity contribution is -0.134. The first-order valence-corrected chi connectivity index (χ1v) is 7.47. The summed E-state index contributed by atoms with van der Waals surface area (Å²) in [4.78, 5) is 14.3. The van der Waals surface area contributed by atoms with Gasteiger partial charge in [0.15, 0.2) is 0 Å². The Kier molecular flexibility index (Phi) is 4.80. The molecular formula is C13H20BrN3O. The highest BCUT2D eigenvalue weighted by Crippen LogP contribution is 2.22. The Morgan fingerprint density at radius 3 is 2.78 bits per heavy atom. The standard InChI is InChI=1S/C13H20BrN3O/c1-2-17(12-6-4-3-5-7-12)13(18)10-16-9-11(14)8-15-16/h8-9,12H,2-7,10H2,1H3. The number of aromatic nitrogens is 2. The largest absolute Gasteiger partial charge is 0.338 e. The van der Waals surface area contributed by atoms with Crippen molar-refractivity contribution in [2.24, 2.45) is 0 Å². The van der Waals surface area contributed by atoms with Crippen molar-refractivity contribution >= 4 is 21.8 Å². The summed E-state index contributed by atoms with van der Waals surface area (Å²) in [6.07, 6.45) is 9.68. The molecule has 0 atom stereocenters. The van der Waals surface area contributed by atoms with E-state index in [1.165, 1.54) is 19.3 Å². The maximum atomic E-state index is 12.3. The van der Waals surface area contributed by atoms with E-state index in [-0.39, 0.29) is 5.91 Å². The molecule has 0 spiro atoms. The molecular weight excluding hydrogens is 294 g/mol. The minimum Gasteiger partial charge on any atom is -0.338 e. The molecule has 0 bridgehead atoms. The van der Waals surface area contributed by atoms with Gasteiger partial charge in [-0.05, 0) is 35.7 Å². The fourth-order valence-electron chi connectivity index (χ4n) is 2.69. The highest BCUT2D eigenvalue weighted by Gasteiger charge is 2.24. The average Bonchev–Trinajstić information content (AvgIpc) is 2.77. The zero-order valence-electron chi connectivity index (χ0n) is 10.8. The molecule has 0 aromatic carbocycles. The van der Waals surface area contributed by atoms with Gasteiger partial charge < -0.3 is 4.90 Å². The molecule has 1 aromatic heterocycles. The lowest BCUT2D eigenvalue weighted by atomic mass is 9.94. The van der Waals surface area contributed by atoms with Crippen LogP contribution in [0.2, 0.25) is 0 Å². The number of hydrogen-bond donors (Lipinski definition) is 0. The van der Waals surface area contributed by atoms with Crippen LogP contribution in [0.3, 0.4) is 0 Å². The lowest BCUT2D eigenvalue weighted by Gasteiger charge is -2.33. The van der Waals surface area contributed by atoms with Gasteiger partial charge in [0, 0.05) is 18.8 Å². The minimum atomic E-state index is 0.181. The second kappa shape index (κ2) is 6.36. The van der Waals surface area contributed by atoms with Crippen LogP contribution >= 0.6 is 15.9 Å². The van der Waals surface area contributed by atoms with Crippen LogP contribution in [-0.4, -0.2) is 33.2 Å². The number of carbonyl (C=O) groups excluding carboxylic acids is 1. The Labute approximate surface area is 116 Å². The van der Waals surface area contributed by atoms with Crippen LogP contribution < -0.4 is 0 Å². The topological polar surface area (TPSA) is 38.1 Å². The Morgan fingerprint density at radius 1 is 1.50 bits per heavy atom. The maximum absolute atomic E-state index is 12.3. The van der Waals surface area contributed by atoms with Gasteiger partial charge in [0.1, 0.15) is 6.54 Å². The summed E-state index contributed by atoms with van der Waals surface area (Å²) < 4.78 is 2.61. The molecule has 1 heterocycles. The normalized spacial score (nSPS) is 16.8. The summed E-state index contributed by atoms with van der Waals surface area (Å²) in [5.74, 6) is 0.181. The second-order valence-corrected chi connectivity index (χ2v) is 5.74. The number of carbonyl (C=O) groups is 1. The highest BCUT2D eigenvalue weighted by atomic mass is 79.9. The van der Waals surface area contributed by atoms with Crippen LogP contribution in [0.5, 0.6) is 0 Å². The van der Waals surface area contributed by atoms with E-state index in [0.717, 1.165) is 23.9 Å². The van der Waals surface area contributed by atoms with Gasteiger partial charge in [-0.25, -0.2) is 0 Å². The van der Waals surface area contributed by atoms with Crippen molar-refractivity contribution in [1.82, 2.24) is 14.7 Å². The van der Waals surface area contributed by atoms with Crippen molar-refractivity contribution in [3.05, 3.63) is 16.9 Å². The fourth-order valence-corrected chi connectivity index (χ4v) is 3.01. The molecule has 0 unspecified atom stereocenters. The number of halogens is 1. The third kappa shape index (κ3) is 3.34. The lowest BCUT2D eigenvalue weighted by Crippen LogP contribution is -2.42. The van der Waals surface area contributed by atoms with Crippen LogP contribution in [-0.2, 0) is 11.3 Å². The van der Waals surface area contributed by atoms with Crippen molar-refractivity contribution in [2.75, 3.05) is 6.54 Å². The van der Waals surface area contributed by atoms with Gasteiger partial charge in [0.2, 0.25) is 5.91 Å². The van der Waals surface area contributed by atoms with Gasteiger partial charge in [-0.1, -0.05) is 19.3 Å². The van der Waals surface area contributed by atoms with E-state index >= 15 is 0 Å². The number of rotatable bonds is 4. The smallest absolute Gasteiger partial charge is 0.244 e. The third-order valence-electron chi connectivity index (χ3n) is 3.58. The summed E-state index contributed by atoms with van der Waals surface area (Å²) >= 11 is 3.34. The van der Waals surface area contributed by atoms with Gasteiger partial charge in [-0.15, -0.1) is 0 Å². The maximum Gasteiger partial charge on any atom is 0.244 e. The zero-order chi connectivity index (χ0) is 13.0.